The summed E-state index contributed by atoms with van der Waals surface area (Å²) >= 11 is 3.43. The summed E-state index contributed by atoms with van der Waals surface area (Å²) in [6, 6.07) is 8.28. The molecule has 0 unspecified atom stereocenters. The van der Waals surface area contributed by atoms with Crippen molar-refractivity contribution >= 4 is 21.6 Å². The van der Waals surface area contributed by atoms with Gasteiger partial charge >= 0.3 is 0 Å². The van der Waals surface area contributed by atoms with Gasteiger partial charge in [0.1, 0.15) is 0 Å². The number of rotatable bonds is 4. The van der Waals surface area contributed by atoms with E-state index in [0.717, 1.165) is 35.2 Å². The molecular weight excluding hydrogens is 278 g/mol. The van der Waals surface area contributed by atoms with Gasteiger partial charge in [-0.1, -0.05) is 41.4 Å². The van der Waals surface area contributed by atoms with E-state index in [1.54, 1.807) is 6.20 Å². The molecule has 0 radical (unpaired) electrons. The Morgan fingerprint density at radius 3 is 2.65 bits per heavy atom. The molecule has 0 saturated heterocycles. The predicted molar refractivity (Wildman–Crippen MR) is 73.9 cm³/mol. The number of nitrogens with zero attached hydrogens (tertiary/aromatic N) is 2. The highest BCUT2D eigenvalue weighted by Gasteiger charge is 2.07. The Labute approximate surface area is 110 Å². The molecule has 1 aromatic carbocycles. The van der Waals surface area contributed by atoms with Crippen molar-refractivity contribution in [1.82, 2.24) is 9.78 Å². The molecule has 90 valence electrons. The van der Waals surface area contributed by atoms with E-state index in [-0.39, 0.29) is 0 Å². The van der Waals surface area contributed by atoms with Crippen molar-refractivity contribution < 1.29 is 0 Å². The molecule has 0 aliphatic carbocycles. The zero-order valence-corrected chi connectivity index (χ0v) is 11.4. The second kappa shape index (κ2) is 5.36. The number of aromatic nitrogens is 2. The van der Waals surface area contributed by atoms with Gasteiger partial charge in [0.15, 0.2) is 0 Å². The minimum Gasteiger partial charge on any atom is -0.396 e. The van der Waals surface area contributed by atoms with Crippen LogP contribution in [0.5, 0.6) is 0 Å². The Morgan fingerprint density at radius 1 is 1.29 bits per heavy atom. The van der Waals surface area contributed by atoms with Crippen molar-refractivity contribution in [2.75, 3.05) is 5.73 Å². The van der Waals surface area contributed by atoms with Crippen LogP contribution in [0.25, 0.3) is 0 Å². The van der Waals surface area contributed by atoms with Crippen LogP contribution in [0.4, 0.5) is 5.69 Å². The van der Waals surface area contributed by atoms with Gasteiger partial charge in [-0.15, -0.1) is 0 Å². The van der Waals surface area contributed by atoms with Crippen molar-refractivity contribution in [2.24, 2.45) is 0 Å². The average molecular weight is 294 g/mol. The summed E-state index contributed by atoms with van der Waals surface area (Å²) in [4.78, 5) is 0. The first-order chi connectivity index (χ1) is 8.20. The SMILES string of the molecule is CCCc1c(N)cnn1Cc1ccc(Br)cc1. The predicted octanol–water partition coefficient (Wildman–Crippen LogP) is 3.23. The summed E-state index contributed by atoms with van der Waals surface area (Å²) < 4.78 is 3.08. The Balaban J connectivity index is 2.20. The Kier molecular flexibility index (Phi) is 3.84. The maximum atomic E-state index is 5.91. The van der Waals surface area contributed by atoms with Crippen molar-refractivity contribution in [2.45, 2.75) is 26.3 Å². The van der Waals surface area contributed by atoms with Crippen LogP contribution in [0.2, 0.25) is 0 Å². The first-order valence-electron chi connectivity index (χ1n) is 5.75. The minimum atomic E-state index is 0.778. The van der Waals surface area contributed by atoms with Crippen LogP contribution in [0.15, 0.2) is 34.9 Å². The van der Waals surface area contributed by atoms with Gasteiger partial charge in [0.25, 0.3) is 0 Å². The average Bonchev–Trinajstić information content (AvgIpc) is 2.65. The lowest BCUT2D eigenvalue weighted by atomic mass is 10.2. The summed E-state index contributed by atoms with van der Waals surface area (Å²) in [5, 5.41) is 4.33. The van der Waals surface area contributed by atoms with Gasteiger partial charge in [-0.25, -0.2) is 0 Å². The van der Waals surface area contributed by atoms with Gasteiger partial charge in [-0.05, 0) is 24.1 Å². The van der Waals surface area contributed by atoms with Gasteiger partial charge in [-0.2, -0.15) is 5.10 Å². The van der Waals surface area contributed by atoms with Crippen LogP contribution in [-0.2, 0) is 13.0 Å². The summed E-state index contributed by atoms with van der Waals surface area (Å²) in [5.41, 5.74) is 9.07. The molecule has 0 saturated carbocycles. The van der Waals surface area contributed by atoms with E-state index < -0.39 is 0 Å². The molecule has 0 bridgehead atoms. The molecule has 2 aromatic rings. The maximum Gasteiger partial charge on any atom is 0.0733 e. The highest BCUT2D eigenvalue weighted by Crippen LogP contribution is 2.16. The molecule has 1 heterocycles. The molecule has 17 heavy (non-hydrogen) atoms. The number of benzene rings is 1. The van der Waals surface area contributed by atoms with E-state index in [1.165, 1.54) is 5.56 Å². The Morgan fingerprint density at radius 2 is 2.00 bits per heavy atom. The molecule has 0 atom stereocenters. The lowest BCUT2D eigenvalue weighted by Gasteiger charge is -2.07. The molecule has 0 fully saturated rings. The molecule has 0 aliphatic rings. The number of nitrogens with two attached hydrogens (primary N) is 1. The molecule has 4 heteroatoms. The third kappa shape index (κ3) is 2.88. The van der Waals surface area contributed by atoms with E-state index in [9.17, 15) is 0 Å². The van der Waals surface area contributed by atoms with Crippen molar-refractivity contribution in [3.63, 3.8) is 0 Å². The third-order valence-corrected chi connectivity index (χ3v) is 3.24. The maximum absolute atomic E-state index is 5.91. The van der Waals surface area contributed by atoms with Gasteiger partial charge in [-0.3, -0.25) is 4.68 Å². The topological polar surface area (TPSA) is 43.8 Å². The fourth-order valence-corrected chi connectivity index (χ4v) is 2.10. The largest absolute Gasteiger partial charge is 0.396 e. The first kappa shape index (κ1) is 12.2. The third-order valence-electron chi connectivity index (χ3n) is 2.71. The Bertz CT molecular complexity index is 488. The van der Waals surface area contributed by atoms with Crippen LogP contribution in [0.3, 0.4) is 0 Å². The molecule has 0 spiro atoms. The fraction of sp³-hybridized carbons (Fsp3) is 0.308. The molecule has 0 aliphatic heterocycles. The molecule has 2 N–H and O–H groups in total. The van der Waals surface area contributed by atoms with Crippen molar-refractivity contribution in [3.05, 3.63) is 46.2 Å². The zero-order chi connectivity index (χ0) is 12.3. The van der Waals surface area contributed by atoms with Crippen LogP contribution in [0, 0.1) is 0 Å². The van der Waals surface area contributed by atoms with Gasteiger partial charge in [0.05, 0.1) is 24.1 Å². The molecule has 0 amide bonds. The summed E-state index contributed by atoms with van der Waals surface area (Å²) in [5.74, 6) is 0. The zero-order valence-electron chi connectivity index (χ0n) is 9.86. The standard InChI is InChI=1S/C13H16BrN3/c1-2-3-13-12(15)8-16-17(13)9-10-4-6-11(14)7-5-10/h4-8H,2-3,9,15H2,1H3. The smallest absolute Gasteiger partial charge is 0.0733 e. The van der Waals surface area contributed by atoms with E-state index in [0.29, 0.717) is 0 Å². The Hall–Kier alpha value is -1.29. The van der Waals surface area contributed by atoms with E-state index in [4.69, 9.17) is 5.73 Å². The summed E-state index contributed by atoms with van der Waals surface area (Å²) in [6.07, 6.45) is 3.79. The minimum absolute atomic E-state index is 0.778. The normalized spacial score (nSPS) is 10.7. The van der Waals surface area contributed by atoms with E-state index in [2.05, 4.69) is 40.1 Å². The van der Waals surface area contributed by atoms with E-state index >= 15 is 0 Å². The molecule has 2 rings (SSSR count). The van der Waals surface area contributed by atoms with Crippen LogP contribution < -0.4 is 5.73 Å². The van der Waals surface area contributed by atoms with Crippen molar-refractivity contribution in [1.29, 1.82) is 0 Å². The number of hydrogen-bond donors (Lipinski definition) is 1. The summed E-state index contributed by atoms with van der Waals surface area (Å²) in [7, 11) is 0. The number of halogens is 1. The molecular formula is C13H16BrN3. The van der Waals surface area contributed by atoms with Gasteiger partial charge < -0.3 is 5.73 Å². The lowest BCUT2D eigenvalue weighted by Crippen LogP contribution is -2.07. The number of hydrogen-bond acceptors (Lipinski definition) is 2. The van der Waals surface area contributed by atoms with Gasteiger partial charge in [0, 0.05) is 4.47 Å². The highest BCUT2D eigenvalue weighted by atomic mass is 79.9. The second-order valence-electron chi connectivity index (χ2n) is 4.08. The van der Waals surface area contributed by atoms with Crippen LogP contribution in [0.1, 0.15) is 24.6 Å². The van der Waals surface area contributed by atoms with Crippen molar-refractivity contribution in [3.8, 4) is 0 Å². The summed E-state index contributed by atoms with van der Waals surface area (Å²) in [6.45, 7) is 2.93. The molecule has 3 nitrogen and oxygen atoms in total. The fourth-order valence-electron chi connectivity index (χ4n) is 1.83. The number of anilines is 1. The van der Waals surface area contributed by atoms with Crippen LogP contribution >= 0.6 is 15.9 Å². The number of nitrogen functional groups attached to an aromatic ring is 1. The highest BCUT2D eigenvalue weighted by molar-refractivity contribution is 9.10. The lowest BCUT2D eigenvalue weighted by molar-refractivity contribution is 0.638. The van der Waals surface area contributed by atoms with E-state index in [1.807, 2.05) is 16.8 Å². The quantitative estimate of drug-likeness (QED) is 0.941. The second-order valence-corrected chi connectivity index (χ2v) is 5.00. The first-order valence-corrected chi connectivity index (χ1v) is 6.54. The van der Waals surface area contributed by atoms with Crippen LogP contribution in [-0.4, -0.2) is 9.78 Å². The molecule has 1 aromatic heterocycles. The van der Waals surface area contributed by atoms with Gasteiger partial charge in [0.2, 0.25) is 0 Å². The monoisotopic (exact) mass is 293 g/mol.